The van der Waals surface area contributed by atoms with E-state index >= 15 is 0 Å². The van der Waals surface area contributed by atoms with Crippen molar-refractivity contribution in [3.05, 3.63) is 59.8 Å². The Labute approximate surface area is 184 Å². The van der Waals surface area contributed by atoms with Gasteiger partial charge in [-0.3, -0.25) is 13.7 Å². The van der Waals surface area contributed by atoms with E-state index in [2.05, 4.69) is 5.32 Å². The van der Waals surface area contributed by atoms with Gasteiger partial charge >= 0.3 is 0 Å². The number of carbonyl (C=O) groups is 2. The first-order valence-electron chi connectivity index (χ1n) is 9.83. The fourth-order valence-electron chi connectivity index (χ4n) is 3.18. The molecule has 0 saturated heterocycles. The van der Waals surface area contributed by atoms with Gasteiger partial charge in [0.25, 0.3) is 0 Å². The summed E-state index contributed by atoms with van der Waals surface area (Å²) in [4.78, 5) is 20.0. The van der Waals surface area contributed by atoms with E-state index in [0.29, 0.717) is 18.8 Å². The van der Waals surface area contributed by atoms with Crippen LogP contribution in [-0.4, -0.2) is 32.9 Å². The zero-order valence-corrected chi connectivity index (χ0v) is 19.0. The van der Waals surface area contributed by atoms with Crippen LogP contribution in [-0.2, 0) is 33.5 Å². The van der Waals surface area contributed by atoms with Gasteiger partial charge in [-0.2, -0.15) is 5.10 Å². The van der Waals surface area contributed by atoms with E-state index in [-0.39, 0.29) is 5.91 Å². The lowest BCUT2D eigenvalue weighted by Crippen LogP contribution is -2.06. The number of rotatable bonds is 3. The second-order valence-electron chi connectivity index (χ2n) is 6.42. The summed E-state index contributed by atoms with van der Waals surface area (Å²) >= 11 is 0. The molecule has 4 rings (SSSR count). The van der Waals surface area contributed by atoms with Gasteiger partial charge in [0.1, 0.15) is 19.1 Å². The van der Waals surface area contributed by atoms with Gasteiger partial charge in [0.15, 0.2) is 0 Å². The molecule has 2 heterocycles. The first-order valence-corrected chi connectivity index (χ1v) is 11.4. The molecule has 0 spiro atoms. The van der Waals surface area contributed by atoms with Gasteiger partial charge in [0, 0.05) is 41.0 Å². The van der Waals surface area contributed by atoms with Gasteiger partial charge < -0.3 is 14.8 Å². The summed E-state index contributed by atoms with van der Waals surface area (Å²) < 4.78 is 19.9. The molecule has 1 aliphatic heterocycles. The molecular formula is C23H27N3O4S. The molecule has 31 heavy (non-hydrogen) atoms. The average Bonchev–Trinajstić information content (AvgIpc) is 3.10. The van der Waals surface area contributed by atoms with Crippen LogP contribution in [0.1, 0.15) is 32.0 Å². The lowest BCUT2D eigenvalue weighted by Gasteiger charge is -2.10. The third kappa shape index (κ3) is 5.67. The predicted molar refractivity (Wildman–Crippen MR) is 123 cm³/mol. The van der Waals surface area contributed by atoms with Crippen molar-refractivity contribution in [1.29, 1.82) is 0 Å². The van der Waals surface area contributed by atoms with Crippen LogP contribution in [0.4, 0.5) is 5.69 Å². The minimum atomic E-state index is -1.09. The molecule has 1 aromatic heterocycles. The topological polar surface area (TPSA) is 90.3 Å². The second kappa shape index (κ2) is 11.2. The minimum absolute atomic E-state index is 0.117. The van der Waals surface area contributed by atoms with Crippen molar-refractivity contribution in [1.82, 2.24) is 9.78 Å². The van der Waals surface area contributed by atoms with Crippen molar-refractivity contribution in [2.75, 3.05) is 11.6 Å². The molecule has 1 N–H and O–H groups in total. The number of fused-ring (bicyclic) bond motifs is 2. The molecule has 164 valence electrons. The van der Waals surface area contributed by atoms with E-state index in [9.17, 15) is 9.00 Å². The van der Waals surface area contributed by atoms with Crippen molar-refractivity contribution >= 4 is 29.2 Å². The number of hydrogen-bond donors (Lipinski definition) is 1. The maximum atomic E-state index is 12.0. The summed E-state index contributed by atoms with van der Waals surface area (Å²) in [6.07, 6.45) is 1.67. The molecule has 1 atom stereocenters. The quantitative estimate of drug-likeness (QED) is 0.663. The third-order valence-corrected chi connectivity index (χ3v) is 5.39. The minimum Gasteiger partial charge on any atom is -0.487 e. The number of aromatic nitrogens is 2. The fourth-order valence-corrected chi connectivity index (χ4v) is 3.94. The first kappa shape index (κ1) is 24.0. The van der Waals surface area contributed by atoms with Crippen molar-refractivity contribution < 1.29 is 18.5 Å². The van der Waals surface area contributed by atoms with E-state index < -0.39 is 10.8 Å². The van der Waals surface area contributed by atoms with Crippen molar-refractivity contribution in [2.45, 2.75) is 38.8 Å². The SMILES string of the molecule is C=O.CC.CC(=O)Nc1ccc2c(c1)OCc1cc(-c3ccccc3S(C)=O)nn1C2. The van der Waals surface area contributed by atoms with Crippen LogP contribution in [0.25, 0.3) is 11.3 Å². The zero-order valence-electron chi connectivity index (χ0n) is 18.2. The Hall–Kier alpha value is -3.26. The van der Waals surface area contributed by atoms with Gasteiger partial charge in [-0.1, -0.05) is 38.1 Å². The Morgan fingerprint density at radius 2 is 1.87 bits per heavy atom. The van der Waals surface area contributed by atoms with E-state index in [4.69, 9.17) is 14.6 Å². The molecule has 0 radical (unpaired) electrons. The van der Waals surface area contributed by atoms with Gasteiger partial charge in [0.2, 0.25) is 5.91 Å². The molecular weight excluding hydrogens is 414 g/mol. The predicted octanol–water partition coefficient (Wildman–Crippen LogP) is 4.03. The van der Waals surface area contributed by atoms with Crippen molar-refractivity contribution in [2.24, 2.45) is 0 Å². The Morgan fingerprint density at radius 1 is 1.16 bits per heavy atom. The van der Waals surface area contributed by atoms with Crippen molar-refractivity contribution in [3.63, 3.8) is 0 Å². The maximum Gasteiger partial charge on any atom is 0.221 e. The van der Waals surface area contributed by atoms with Gasteiger partial charge in [-0.15, -0.1) is 0 Å². The highest BCUT2D eigenvalue weighted by atomic mass is 32.2. The number of benzene rings is 2. The maximum absolute atomic E-state index is 12.0. The van der Waals surface area contributed by atoms with Gasteiger partial charge in [0.05, 0.1) is 28.7 Å². The number of hydrogen-bond acceptors (Lipinski definition) is 5. The molecule has 0 saturated carbocycles. The summed E-state index contributed by atoms with van der Waals surface area (Å²) in [6.45, 7) is 8.42. The zero-order chi connectivity index (χ0) is 23.0. The molecule has 0 bridgehead atoms. The third-order valence-electron chi connectivity index (χ3n) is 4.42. The molecule has 7 nitrogen and oxygen atoms in total. The van der Waals surface area contributed by atoms with Crippen LogP contribution < -0.4 is 10.1 Å². The molecule has 2 aromatic carbocycles. The number of ether oxygens (including phenoxy) is 1. The summed E-state index contributed by atoms with van der Waals surface area (Å²) in [5.74, 6) is 0.622. The van der Waals surface area contributed by atoms with Crippen LogP contribution in [0.3, 0.4) is 0 Å². The number of amides is 1. The molecule has 8 heteroatoms. The molecule has 1 amide bonds. The van der Waals surface area contributed by atoms with Crippen LogP contribution in [0.2, 0.25) is 0 Å². The number of nitrogens with zero attached hydrogens (tertiary/aromatic N) is 2. The summed E-state index contributed by atoms with van der Waals surface area (Å²) in [6, 6.07) is 15.2. The van der Waals surface area contributed by atoms with Crippen LogP contribution in [0.15, 0.2) is 53.4 Å². The highest BCUT2D eigenvalue weighted by Crippen LogP contribution is 2.31. The number of carbonyl (C=O) groups excluding carboxylic acids is 2. The van der Waals surface area contributed by atoms with E-state index in [0.717, 1.165) is 33.2 Å². The number of nitrogens with one attached hydrogen (secondary N) is 1. The molecule has 3 aromatic rings. The fraction of sp³-hybridized carbons (Fsp3) is 0.261. The summed E-state index contributed by atoms with van der Waals surface area (Å²) in [5.41, 5.74) is 4.31. The average molecular weight is 442 g/mol. The number of anilines is 1. The normalized spacial score (nSPS) is 12.3. The highest BCUT2D eigenvalue weighted by Gasteiger charge is 2.19. The largest absolute Gasteiger partial charge is 0.487 e. The lowest BCUT2D eigenvalue weighted by atomic mass is 10.1. The van der Waals surface area contributed by atoms with Gasteiger partial charge in [-0.25, -0.2) is 0 Å². The molecule has 1 aliphatic rings. The van der Waals surface area contributed by atoms with E-state index in [1.807, 2.05) is 73.8 Å². The Morgan fingerprint density at radius 3 is 2.55 bits per heavy atom. The van der Waals surface area contributed by atoms with Gasteiger partial charge in [-0.05, 0) is 18.2 Å². The second-order valence-corrected chi connectivity index (χ2v) is 7.77. The summed E-state index contributed by atoms with van der Waals surface area (Å²) in [7, 11) is -1.09. The molecule has 0 fully saturated rings. The Bertz CT molecular complexity index is 1080. The van der Waals surface area contributed by atoms with E-state index in [1.54, 1.807) is 6.26 Å². The van der Waals surface area contributed by atoms with Crippen LogP contribution in [0.5, 0.6) is 5.75 Å². The Kier molecular flexibility index (Phi) is 8.69. The van der Waals surface area contributed by atoms with E-state index in [1.165, 1.54) is 6.92 Å². The Balaban J connectivity index is 0.000000807. The lowest BCUT2D eigenvalue weighted by molar-refractivity contribution is -0.114. The van der Waals surface area contributed by atoms with Crippen LogP contribution >= 0.6 is 0 Å². The first-order chi connectivity index (χ1) is 15.0. The molecule has 0 aliphatic carbocycles. The monoisotopic (exact) mass is 441 g/mol. The van der Waals surface area contributed by atoms with Crippen molar-refractivity contribution in [3.8, 4) is 17.0 Å². The molecule has 1 unspecified atom stereocenters. The smallest absolute Gasteiger partial charge is 0.221 e. The highest BCUT2D eigenvalue weighted by molar-refractivity contribution is 7.84. The summed E-state index contributed by atoms with van der Waals surface area (Å²) in [5, 5.41) is 7.49. The van der Waals surface area contributed by atoms with Crippen LogP contribution in [0, 0.1) is 0 Å². The standard InChI is InChI=1S/C20H19N3O3S.C2H6.CH2O/c1-13(24)21-15-8-7-14-11-23-16(12-26-19(14)9-15)10-18(22-23)17-5-3-4-6-20(17)27(2)25;2*1-2/h3-10H,11-12H2,1-2H3,(H,21,24);1-2H3;1H2.